The van der Waals surface area contributed by atoms with Gasteiger partial charge in [-0.25, -0.2) is 0 Å². The van der Waals surface area contributed by atoms with Crippen molar-refractivity contribution in [1.82, 2.24) is 0 Å². The van der Waals surface area contributed by atoms with Crippen LogP contribution in [-0.4, -0.2) is 15.3 Å². The molecule has 0 radical (unpaired) electrons. The lowest BCUT2D eigenvalue weighted by atomic mass is 9.71. The molecule has 0 aliphatic rings. The zero-order chi connectivity index (χ0) is 23.6. The quantitative estimate of drug-likeness (QED) is 0.315. The van der Waals surface area contributed by atoms with Gasteiger partial charge in [-0.2, -0.15) is 0 Å². The maximum Gasteiger partial charge on any atom is 0.115 e. The van der Waals surface area contributed by atoms with Gasteiger partial charge in [0.1, 0.15) is 17.2 Å². The van der Waals surface area contributed by atoms with E-state index in [9.17, 15) is 15.3 Å². The molecule has 3 nitrogen and oxygen atoms in total. The van der Waals surface area contributed by atoms with Crippen molar-refractivity contribution in [1.29, 1.82) is 0 Å². The third-order valence-corrected chi connectivity index (χ3v) is 6.83. The summed E-state index contributed by atoms with van der Waals surface area (Å²) in [4.78, 5) is 0. The molecule has 0 saturated heterocycles. The molecule has 168 valence electrons. The van der Waals surface area contributed by atoms with Gasteiger partial charge in [0.2, 0.25) is 0 Å². The van der Waals surface area contributed by atoms with Crippen LogP contribution in [-0.2, 0) is 17.3 Å². The van der Waals surface area contributed by atoms with Gasteiger partial charge in [0.25, 0.3) is 0 Å². The van der Waals surface area contributed by atoms with Crippen LogP contribution in [0.25, 0.3) is 0 Å². The molecule has 0 spiro atoms. The summed E-state index contributed by atoms with van der Waals surface area (Å²) in [6.07, 6.45) is 0.766. The summed E-state index contributed by atoms with van der Waals surface area (Å²) < 4.78 is 0. The topological polar surface area (TPSA) is 60.7 Å². The van der Waals surface area contributed by atoms with Crippen molar-refractivity contribution >= 4 is 0 Å². The summed E-state index contributed by atoms with van der Waals surface area (Å²) in [5.74, 6) is 0.757. The molecular weight excluding hydrogens is 408 g/mol. The van der Waals surface area contributed by atoms with Crippen LogP contribution in [0.3, 0.4) is 0 Å². The van der Waals surface area contributed by atoms with Gasteiger partial charge in [-0.3, -0.25) is 0 Å². The lowest BCUT2D eigenvalue weighted by Crippen LogP contribution is -2.26. The van der Waals surface area contributed by atoms with E-state index in [-0.39, 0.29) is 28.1 Å². The minimum atomic E-state index is -0.338. The molecule has 4 aromatic carbocycles. The van der Waals surface area contributed by atoms with Gasteiger partial charge in [0.15, 0.2) is 0 Å². The Hall–Kier alpha value is -3.72. The molecule has 4 aromatic rings. The second kappa shape index (κ2) is 8.67. The maximum atomic E-state index is 9.79. The highest BCUT2D eigenvalue weighted by atomic mass is 16.3. The number of hydrogen-bond acceptors (Lipinski definition) is 3. The van der Waals surface area contributed by atoms with E-state index in [1.165, 1.54) is 11.1 Å². The highest BCUT2D eigenvalue weighted by molar-refractivity contribution is 5.45. The van der Waals surface area contributed by atoms with Crippen LogP contribution in [0, 0.1) is 0 Å². The van der Waals surface area contributed by atoms with Crippen molar-refractivity contribution < 1.29 is 15.3 Å². The summed E-state index contributed by atoms with van der Waals surface area (Å²) in [5, 5.41) is 29.2. The van der Waals surface area contributed by atoms with Gasteiger partial charge < -0.3 is 15.3 Å². The van der Waals surface area contributed by atoms with Crippen LogP contribution in [0.4, 0.5) is 0 Å². The first-order chi connectivity index (χ1) is 15.7. The molecule has 0 unspecified atom stereocenters. The highest BCUT2D eigenvalue weighted by Gasteiger charge is 2.30. The molecule has 4 rings (SSSR count). The fourth-order valence-electron chi connectivity index (χ4n) is 4.52. The average Bonchev–Trinajstić information content (AvgIpc) is 2.80. The number of rotatable bonds is 6. The Balaban J connectivity index is 1.67. The maximum absolute atomic E-state index is 9.79. The Kier molecular flexibility index (Phi) is 5.90. The summed E-state index contributed by atoms with van der Waals surface area (Å²) >= 11 is 0. The minimum Gasteiger partial charge on any atom is -0.508 e. The van der Waals surface area contributed by atoms with Crippen molar-refractivity contribution in [2.45, 2.75) is 38.0 Å². The molecule has 0 atom stereocenters. The van der Waals surface area contributed by atoms with Crippen LogP contribution in [0.1, 0.15) is 48.6 Å². The number of benzene rings is 4. The van der Waals surface area contributed by atoms with E-state index < -0.39 is 0 Å². The molecule has 0 heterocycles. The van der Waals surface area contributed by atoms with Crippen LogP contribution in [0.15, 0.2) is 97.1 Å². The normalized spacial score (nSPS) is 12.0. The van der Waals surface area contributed by atoms with E-state index in [4.69, 9.17) is 0 Å². The lowest BCUT2D eigenvalue weighted by molar-refractivity contribution is 0.472. The van der Waals surface area contributed by atoms with Crippen molar-refractivity contribution in [3.63, 3.8) is 0 Å². The lowest BCUT2D eigenvalue weighted by Gasteiger charge is -2.32. The molecule has 0 fully saturated rings. The fourth-order valence-corrected chi connectivity index (χ4v) is 4.52. The molecule has 3 N–H and O–H groups in total. The smallest absolute Gasteiger partial charge is 0.115 e. The zero-order valence-electron chi connectivity index (χ0n) is 19.3. The monoisotopic (exact) mass is 438 g/mol. The SMILES string of the molecule is CC(C)(c1ccc(O)cc1)c1ccc(CC(C)(c2ccc(O)cc2)c2ccc(O)cc2)cc1. The van der Waals surface area contributed by atoms with E-state index in [2.05, 4.69) is 45.0 Å². The van der Waals surface area contributed by atoms with Gasteiger partial charge in [-0.05, 0) is 70.6 Å². The Morgan fingerprint density at radius 3 is 1.12 bits per heavy atom. The molecular formula is C30H30O3. The Bertz CT molecular complexity index is 1160. The highest BCUT2D eigenvalue weighted by Crippen LogP contribution is 2.38. The second-order valence-electron chi connectivity index (χ2n) is 9.47. The van der Waals surface area contributed by atoms with E-state index in [0.717, 1.165) is 23.1 Å². The number of aromatic hydroxyl groups is 3. The van der Waals surface area contributed by atoms with Crippen molar-refractivity contribution in [3.05, 3.63) is 125 Å². The van der Waals surface area contributed by atoms with Crippen molar-refractivity contribution in [3.8, 4) is 17.2 Å². The molecule has 0 saturated carbocycles. The fraction of sp³-hybridized carbons (Fsp3) is 0.200. The number of phenols is 3. The summed E-state index contributed by atoms with van der Waals surface area (Å²) in [6.45, 7) is 6.57. The van der Waals surface area contributed by atoms with Gasteiger partial charge in [-0.1, -0.05) is 81.4 Å². The molecule has 0 aliphatic carbocycles. The molecule has 0 aromatic heterocycles. The van der Waals surface area contributed by atoms with Gasteiger partial charge in [0, 0.05) is 10.8 Å². The standard InChI is InChI=1S/C30H30O3/c1-29(2,23-8-14-26(31)15-9-23)22-6-4-21(5-7-22)20-30(3,24-10-16-27(32)17-11-24)25-12-18-28(33)19-13-25/h4-19,31-33H,20H2,1-3H3. The summed E-state index contributed by atoms with van der Waals surface area (Å²) in [5.41, 5.74) is 5.21. The first-order valence-corrected chi connectivity index (χ1v) is 11.2. The number of hydrogen-bond donors (Lipinski definition) is 3. The minimum absolute atomic E-state index is 0.191. The summed E-state index contributed by atoms with van der Waals surface area (Å²) in [7, 11) is 0. The average molecular weight is 439 g/mol. The predicted molar refractivity (Wildman–Crippen MR) is 133 cm³/mol. The first-order valence-electron chi connectivity index (χ1n) is 11.2. The van der Waals surface area contributed by atoms with Crippen molar-refractivity contribution in [2.75, 3.05) is 0 Å². The van der Waals surface area contributed by atoms with E-state index in [1.54, 1.807) is 36.4 Å². The van der Waals surface area contributed by atoms with E-state index >= 15 is 0 Å². The third-order valence-electron chi connectivity index (χ3n) is 6.83. The van der Waals surface area contributed by atoms with E-state index in [1.807, 2.05) is 36.4 Å². The number of phenolic OH excluding ortho intramolecular Hbond substituents is 3. The van der Waals surface area contributed by atoms with Crippen LogP contribution < -0.4 is 0 Å². The summed E-state index contributed by atoms with van der Waals surface area (Å²) in [6, 6.07) is 30.8. The van der Waals surface area contributed by atoms with Gasteiger partial charge in [-0.15, -0.1) is 0 Å². The Morgan fingerprint density at radius 2 is 0.758 bits per heavy atom. The van der Waals surface area contributed by atoms with Crippen LogP contribution >= 0.6 is 0 Å². The zero-order valence-corrected chi connectivity index (χ0v) is 19.3. The van der Waals surface area contributed by atoms with Crippen LogP contribution in [0.2, 0.25) is 0 Å². The molecule has 3 heteroatoms. The van der Waals surface area contributed by atoms with Gasteiger partial charge >= 0.3 is 0 Å². The first kappa shape index (κ1) is 22.5. The largest absolute Gasteiger partial charge is 0.508 e. The molecule has 0 bridgehead atoms. The van der Waals surface area contributed by atoms with Gasteiger partial charge in [0.05, 0.1) is 0 Å². The molecule has 33 heavy (non-hydrogen) atoms. The third kappa shape index (κ3) is 4.58. The van der Waals surface area contributed by atoms with Crippen molar-refractivity contribution in [2.24, 2.45) is 0 Å². The van der Waals surface area contributed by atoms with E-state index in [0.29, 0.717) is 0 Å². The molecule has 0 aliphatic heterocycles. The predicted octanol–water partition coefficient (Wildman–Crippen LogP) is 6.68. The Morgan fingerprint density at radius 1 is 0.455 bits per heavy atom. The Labute approximate surface area is 195 Å². The second-order valence-corrected chi connectivity index (χ2v) is 9.47. The van der Waals surface area contributed by atoms with Crippen LogP contribution in [0.5, 0.6) is 17.2 Å². The molecule has 0 amide bonds.